The second kappa shape index (κ2) is 8.23. The van der Waals surface area contributed by atoms with Gasteiger partial charge in [-0.25, -0.2) is 4.98 Å². The Morgan fingerprint density at radius 3 is 2.69 bits per heavy atom. The van der Waals surface area contributed by atoms with Crippen LogP contribution in [0, 0.1) is 10.1 Å². The fourth-order valence-corrected chi connectivity index (χ4v) is 5.50. The van der Waals surface area contributed by atoms with Gasteiger partial charge in [0.05, 0.1) is 29.0 Å². The zero-order valence-electron chi connectivity index (χ0n) is 17.5. The van der Waals surface area contributed by atoms with Crippen LogP contribution >= 0.6 is 11.3 Å². The van der Waals surface area contributed by atoms with E-state index in [0.29, 0.717) is 38.9 Å². The maximum absolute atomic E-state index is 13.0. The van der Waals surface area contributed by atoms with E-state index in [4.69, 9.17) is 9.15 Å². The van der Waals surface area contributed by atoms with Crippen molar-refractivity contribution in [1.29, 1.82) is 0 Å². The third kappa shape index (κ3) is 3.58. The van der Waals surface area contributed by atoms with Gasteiger partial charge in [-0.3, -0.25) is 14.9 Å². The van der Waals surface area contributed by atoms with Gasteiger partial charge in [-0.2, -0.15) is 0 Å². The molecule has 0 aliphatic heterocycles. The lowest BCUT2D eigenvalue weighted by Crippen LogP contribution is -2.10. The predicted octanol–water partition coefficient (Wildman–Crippen LogP) is 5.49. The van der Waals surface area contributed by atoms with Gasteiger partial charge in [0, 0.05) is 4.88 Å². The number of benzene rings is 1. The number of rotatable bonds is 4. The molecule has 0 bridgehead atoms. The van der Waals surface area contributed by atoms with Crippen LogP contribution in [0.4, 0.5) is 5.69 Å². The van der Waals surface area contributed by atoms with Gasteiger partial charge >= 0.3 is 0 Å². The Balaban J connectivity index is 1.57. The Bertz CT molecular complexity index is 1380. The van der Waals surface area contributed by atoms with Crippen LogP contribution in [0.15, 0.2) is 39.5 Å². The number of nitro benzene ring substituents is 1. The summed E-state index contributed by atoms with van der Waals surface area (Å²) in [4.78, 5) is 33.5. The molecule has 0 radical (unpaired) electrons. The number of hydrogen-bond acceptors (Lipinski definition) is 7. The Morgan fingerprint density at radius 2 is 1.91 bits per heavy atom. The second-order valence-corrected chi connectivity index (χ2v) is 8.90. The van der Waals surface area contributed by atoms with Gasteiger partial charge in [-0.05, 0) is 55.5 Å². The van der Waals surface area contributed by atoms with Crippen LogP contribution < -0.4 is 10.3 Å². The van der Waals surface area contributed by atoms with E-state index in [9.17, 15) is 14.9 Å². The van der Waals surface area contributed by atoms with Crippen LogP contribution in [-0.2, 0) is 12.8 Å². The number of nitrogens with zero attached hydrogens (tertiary/aromatic N) is 2. The van der Waals surface area contributed by atoms with Crippen LogP contribution in [0.25, 0.3) is 33.1 Å². The van der Waals surface area contributed by atoms with Crippen molar-refractivity contribution < 1.29 is 14.1 Å². The highest BCUT2D eigenvalue weighted by molar-refractivity contribution is 7.18. The Morgan fingerprint density at radius 1 is 1.12 bits per heavy atom. The Kier molecular flexibility index (Phi) is 5.26. The van der Waals surface area contributed by atoms with E-state index in [2.05, 4.69) is 9.97 Å². The van der Waals surface area contributed by atoms with Crippen molar-refractivity contribution in [3.8, 4) is 28.7 Å². The average molecular weight is 452 g/mol. The summed E-state index contributed by atoms with van der Waals surface area (Å²) >= 11 is 1.58. The summed E-state index contributed by atoms with van der Waals surface area (Å²) in [6.07, 6.45) is 6.51. The van der Waals surface area contributed by atoms with Crippen molar-refractivity contribution in [3.05, 3.63) is 61.2 Å². The minimum absolute atomic E-state index is 0.125. The molecule has 0 amide bonds. The van der Waals surface area contributed by atoms with Crippen LogP contribution in [0.3, 0.4) is 0 Å². The second-order valence-electron chi connectivity index (χ2n) is 7.82. The molecule has 8 nitrogen and oxygen atoms in total. The number of nitro groups is 1. The molecular weight excluding hydrogens is 430 g/mol. The summed E-state index contributed by atoms with van der Waals surface area (Å²) in [5, 5.41) is 12.2. The van der Waals surface area contributed by atoms with Gasteiger partial charge in [-0.1, -0.05) is 12.8 Å². The van der Waals surface area contributed by atoms with Crippen LogP contribution in [-0.4, -0.2) is 22.0 Å². The number of fused-ring (bicyclic) bond motifs is 3. The summed E-state index contributed by atoms with van der Waals surface area (Å²) < 4.78 is 11.0. The fourth-order valence-electron chi connectivity index (χ4n) is 4.24. The largest absolute Gasteiger partial charge is 0.497 e. The molecule has 0 unspecified atom stereocenters. The molecular formula is C23H21N3O5S. The maximum atomic E-state index is 13.0. The zero-order chi connectivity index (χ0) is 22.2. The molecule has 0 atom stereocenters. The molecule has 32 heavy (non-hydrogen) atoms. The lowest BCUT2D eigenvalue weighted by atomic mass is 9.98. The van der Waals surface area contributed by atoms with E-state index < -0.39 is 4.92 Å². The number of methoxy groups -OCH3 is 1. The molecule has 0 saturated heterocycles. The summed E-state index contributed by atoms with van der Waals surface area (Å²) in [5.74, 6) is 1.37. The zero-order valence-corrected chi connectivity index (χ0v) is 18.3. The molecule has 1 aliphatic rings. The predicted molar refractivity (Wildman–Crippen MR) is 122 cm³/mol. The van der Waals surface area contributed by atoms with Gasteiger partial charge in [-0.15, -0.1) is 11.3 Å². The van der Waals surface area contributed by atoms with E-state index in [1.807, 2.05) is 0 Å². The first-order valence-electron chi connectivity index (χ1n) is 10.5. The van der Waals surface area contributed by atoms with E-state index in [1.165, 1.54) is 30.9 Å². The topological polar surface area (TPSA) is 111 Å². The minimum atomic E-state index is -0.479. The summed E-state index contributed by atoms with van der Waals surface area (Å²) in [6.45, 7) is 0. The lowest BCUT2D eigenvalue weighted by molar-refractivity contribution is -0.384. The number of aromatic amines is 1. The monoisotopic (exact) mass is 451 g/mol. The maximum Gasteiger partial charge on any atom is 0.284 e. The average Bonchev–Trinajstić information content (AvgIpc) is 3.38. The molecule has 3 heterocycles. The molecule has 3 aromatic heterocycles. The molecule has 4 aromatic rings. The van der Waals surface area contributed by atoms with Crippen molar-refractivity contribution in [3.63, 3.8) is 0 Å². The molecule has 164 valence electrons. The van der Waals surface area contributed by atoms with Crippen LogP contribution in [0.1, 0.15) is 36.1 Å². The van der Waals surface area contributed by atoms with Crippen molar-refractivity contribution in [2.75, 3.05) is 7.11 Å². The number of thiophene rings is 1. The number of hydrogen-bond donors (Lipinski definition) is 1. The first-order chi connectivity index (χ1) is 15.5. The van der Waals surface area contributed by atoms with Gasteiger partial charge in [0.2, 0.25) is 0 Å². The molecule has 1 aliphatic carbocycles. The normalized spacial score (nSPS) is 14.0. The third-order valence-corrected chi connectivity index (χ3v) is 7.02. The van der Waals surface area contributed by atoms with Crippen LogP contribution in [0.5, 0.6) is 5.75 Å². The molecule has 1 N–H and O–H groups in total. The highest BCUT2D eigenvalue weighted by atomic mass is 32.1. The molecule has 0 fully saturated rings. The highest BCUT2D eigenvalue weighted by Gasteiger charge is 2.22. The van der Waals surface area contributed by atoms with Gasteiger partial charge in [0.15, 0.2) is 11.6 Å². The standard InChI is InChI=1S/C23H21N3O5S/c1-30-13-8-9-14(16(12-13)26(28)29)17-10-11-18(31-17)21-24-22(27)20-15-6-4-2-3-5-7-19(15)32-23(20)25-21/h8-12H,2-7H2,1H3,(H,24,25,27). The van der Waals surface area contributed by atoms with E-state index in [-0.39, 0.29) is 11.2 Å². The molecule has 5 rings (SSSR count). The summed E-state index contributed by atoms with van der Waals surface area (Å²) in [5.41, 5.74) is 1.17. The molecule has 0 saturated carbocycles. The van der Waals surface area contributed by atoms with E-state index in [0.717, 1.165) is 31.2 Å². The third-order valence-electron chi connectivity index (χ3n) is 5.83. The number of ether oxygens (including phenoxy) is 1. The Labute approximate surface area is 187 Å². The van der Waals surface area contributed by atoms with Gasteiger partial charge in [0.1, 0.15) is 16.3 Å². The quantitative estimate of drug-likeness (QED) is 0.324. The number of nitrogens with one attached hydrogen (secondary N) is 1. The number of aromatic nitrogens is 2. The molecule has 1 aromatic carbocycles. The van der Waals surface area contributed by atoms with Crippen molar-refractivity contribution in [2.24, 2.45) is 0 Å². The molecule has 0 spiro atoms. The first kappa shape index (κ1) is 20.4. The number of H-pyrrole nitrogens is 1. The molecule has 9 heteroatoms. The van der Waals surface area contributed by atoms with Crippen molar-refractivity contribution in [1.82, 2.24) is 9.97 Å². The summed E-state index contributed by atoms with van der Waals surface area (Å²) in [6, 6.07) is 7.88. The SMILES string of the molecule is COc1ccc(-c2ccc(-c3nc4sc5c(c4c(=O)[nH]3)CCCCCC5)o2)c([N+](=O)[O-])c1. The lowest BCUT2D eigenvalue weighted by Gasteiger charge is -2.08. The van der Waals surface area contributed by atoms with E-state index >= 15 is 0 Å². The summed E-state index contributed by atoms with van der Waals surface area (Å²) in [7, 11) is 1.45. The van der Waals surface area contributed by atoms with E-state index in [1.54, 1.807) is 35.6 Å². The minimum Gasteiger partial charge on any atom is -0.497 e. The van der Waals surface area contributed by atoms with Gasteiger partial charge < -0.3 is 14.1 Å². The van der Waals surface area contributed by atoms with Crippen molar-refractivity contribution >= 4 is 27.2 Å². The number of furan rings is 1. The van der Waals surface area contributed by atoms with Crippen molar-refractivity contribution in [2.45, 2.75) is 38.5 Å². The first-order valence-corrected chi connectivity index (χ1v) is 11.3. The highest BCUT2D eigenvalue weighted by Crippen LogP contribution is 2.37. The fraction of sp³-hybridized carbons (Fsp3) is 0.304. The van der Waals surface area contributed by atoms with Gasteiger partial charge in [0.25, 0.3) is 11.2 Å². The number of aryl methyl sites for hydroxylation is 2. The van der Waals surface area contributed by atoms with Crippen LogP contribution in [0.2, 0.25) is 0 Å². The smallest absolute Gasteiger partial charge is 0.284 e. The Hall–Kier alpha value is -3.46.